The van der Waals surface area contributed by atoms with Crippen molar-refractivity contribution < 1.29 is 13.2 Å². The Morgan fingerprint density at radius 2 is 2.10 bits per heavy atom. The number of nitriles is 1. The maximum atomic E-state index is 14.0. The molecule has 1 aliphatic rings. The van der Waals surface area contributed by atoms with Crippen LogP contribution in [0.25, 0.3) is 0 Å². The van der Waals surface area contributed by atoms with Crippen molar-refractivity contribution in [2.75, 3.05) is 0 Å². The van der Waals surface area contributed by atoms with Gasteiger partial charge in [-0.3, -0.25) is 4.99 Å². The molecule has 0 aromatic heterocycles. The normalized spacial score (nSPS) is 29.1. The van der Waals surface area contributed by atoms with Gasteiger partial charge >= 0.3 is 0 Å². The minimum absolute atomic E-state index is 0.0924. The highest BCUT2D eigenvalue weighted by molar-refractivity contribution is 9.10. The van der Waals surface area contributed by atoms with Crippen molar-refractivity contribution in [3.05, 3.63) is 34.1 Å². The quantitative estimate of drug-likeness (QED) is 0.874. The highest BCUT2D eigenvalue weighted by atomic mass is 79.9. The first kappa shape index (κ1) is 15.8. The summed E-state index contributed by atoms with van der Waals surface area (Å²) in [5.74, 6) is -0.952. The third-order valence-electron chi connectivity index (χ3n) is 3.89. The van der Waals surface area contributed by atoms with Crippen molar-refractivity contribution in [1.82, 2.24) is 0 Å². The number of benzene rings is 1. The standard InChI is InChI=1S/C14H13BrF3N3/c1-13(7-19)4-5-14(11(17)18,21-12(13)20)9-6-8(15)2-3-10(9)16/h2-3,6,11H,4-5H2,1H3,(H2,20,21). The molecule has 0 spiro atoms. The van der Waals surface area contributed by atoms with E-state index >= 15 is 0 Å². The number of aliphatic imine (C=N–C) groups is 1. The third-order valence-corrected chi connectivity index (χ3v) is 4.39. The molecule has 1 aliphatic heterocycles. The number of amidine groups is 1. The smallest absolute Gasteiger partial charge is 0.267 e. The number of nitrogens with two attached hydrogens (primary N) is 1. The summed E-state index contributed by atoms with van der Waals surface area (Å²) in [7, 11) is 0. The fourth-order valence-corrected chi connectivity index (χ4v) is 2.74. The van der Waals surface area contributed by atoms with Gasteiger partial charge in [-0.1, -0.05) is 15.9 Å². The molecule has 0 bridgehead atoms. The Labute approximate surface area is 128 Å². The van der Waals surface area contributed by atoms with Gasteiger partial charge in [0.15, 0.2) is 5.54 Å². The summed E-state index contributed by atoms with van der Waals surface area (Å²) in [6.45, 7) is 1.54. The van der Waals surface area contributed by atoms with Crippen LogP contribution in [0.3, 0.4) is 0 Å². The van der Waals surface area contributed by atoms with E-state index in [0.29, 0.717) is 4.47 Å². The SMILES string of the molecule is CC1(C#N)CCC(c2cc(Br)ccc2F)(C(F)F)N=C1N. The molecule has 2 atom stereocenters. The first-order chi connectivity index (χ1) is 9.75. The molecule has 2 unspecified atom stereocenters. The predicted molar refractivity (Wildman–Crippen MR) is 76.4 cm³/mol. The largest absolute Gasteiger partial charge is 0.386 e. The summed E-state index contributed by atoms with van der Waals surface area (Å²) in [4.78, 5) is 3.87. The number of rotatable bonds is 2. The van der Waals surface area contributed by atoms with Crippen molar-refractivity contribution in [3.63, 3.8) is 0 Å². The lowest BCUT2D eigenvalue weighted by Crippen LogP contribution is -2.46. The van der Waals surface area contributed by atoms with Crippen LogP contribution >= 0.6 is 15.9 Å². The maximum Gasteiger partial charge on any atom is 0.267 e. The second-order valence-corrected chi connectivity index (χ2v) is 6.21. The molecular formula is C14H13BrF3N3. The molecule has 0 saturated carbocycles. The summed E-state index contributed by atoms with van der Waals surface area (Å²) >= 11 is 3.14. The van der Waals surface area contributed by atoms with E-state index in [1.54, 1.807) is 6.92 Å². The minimum Gasteiger partial charge on any atom is -0.386 e. The van der Waals surface area contributed by atoms with Gasteiger partial charge in [0.05, 0.1) is 6.07 Å². The van der Waals surface area contributed by atoms with Gasteiger partial charge in [-0.2, -0.15) is 5.26 Å². The molecule has 3 nitrogen and oxygen atoms in total. The van der Waals surface area contributed by atoms with E-state index in [1.807, 2.05) is 6.07 Å². The molecule has 0 amide bonds. The van der Waals surface area contributed by atoms with E-state index in [-0.39, 0.29) is 24.2 Å². The molecule has 0 radical (unpaired) electrons. The summed E-state index contributed by atoms with van der Waals surface area (Å²) in [5.41, 5.74) is 2.37. The third kappa shape index (κ3) is 2.53. The van der Waals surface area contributed by atoms with Crippen molar-refractivity contribution in [2.24, 2.45) is 16.1 Å². The van der Waals surface area contributed by atoms with Crippen LogP contribution in [-0.2, 0) is 5.54 Å². The minimum atomic E-state index is -2.93. The average Bonchev–Trinajstić information content (AvgIpc) is 2.44. The fourth-order valence-electron chi connectivity index (χ4n) is 2.38. The zero-order valence-corrected chi connectivity index (χ0v) is 12.8. The molecule has 1 aromatic rings. The summed E-state index contributed by atoms with van der Waals surface area (Å²) in [5, 5.41) is 9.12. The van der Waals surface area contributed by atoms with Gasteiger partial charge in [0.1, 0.15) is 17.1 Å². The van der Waals surface area contributed by atoms with Crippen molar-refractivity contribution >= 4 is 21.8 Å². The second kappa shape index (κ2) is 5.34. The zero-order valence-electron chi connectivity index (χ0n) is 11.2. The Bertz CT molecular complexity index is 641. The molecule has 1 heterocycles. The van der Waals surface area contributed by atoms with Gasteiger partial charge in [0.25, 0.3) is 6.43 Å². The Balaban J connectivity index is 2.65. The zero-order chi connectivity index (χ0) is 15.8. The van der Waals surface area contributed by atoms with Gasteiger partial charge < -0.3 is 5.73 Å². The van der Waals surface area contributed by atoms with E-state index in [4.69, 9.17) is 11.0 Å². The second-order valence-electron chi connectivity index (χ2n) is 5.29. The lowest BCUT2D eigenvalue weighted by Gasteiger charge is -2.38. The highest BCUT2D eigenvalue weighted by Crippen LogP contribution is 2.46. The number of halogens is 4. The lowest BCUT2D eigenvalue weighted by molar-refractivity contribution is 0.0371. The van der Waals surface area contributed by atoms with E-state index < -0.39 is 23.2 Å². The highest BCUT2D eigenvalue weighted by Gasteiger charge is 2.50. The lowest BCUT2D eigenvalue weighted by atomic mass is 9.74. The number of hydrogen-bond donors (Lipinski definition) is 1. The van der Waals surface area contributed by atoms with Crippen molar-refractivity contribution in [2.45, 2.75) is 31.7 Å². The van der Waals surface area contributed by atoms with Crippen LogP contribution in [0.4, 0.5) is 13.2 Å². The molecule has 0 saturated heterocycles. The van der Waals surface area contributed by atoms with E-state index in [9.17, 15) is 13.2 Å². The van der Waals surface area contributed by atoms with Crippen LogP contribution in [0.5, 0.6) is 0 Å². The van der Waals surface area contributed by atoms with E-state index in [1.165, 1.54) is 12.1 Å². The fraction of sp³-hybridized carbons (Fsp3) is 0.429. The summed E-state index contributed by atoms with van der Waals surface area (Å²) < 4.78 is 41.9. The van der Waals surface area contributed by atoms with E-state index in [0.717, 1.165) is 6.07 Å². The molecule has 112 valence electrons. The van der Waals surface area contributed by atoms with Gasteiger partial charge in [0, 0.05) is 10.0 Å². The van der Waals surface area contributed by atoms with Crippen molar-refractivity contribution in [3.8, 4) is 6.07 Å². The Hall–Kier alpha value is -1.55. The maximum absolute atomic E-state index is 14.0. The van der Waals surface area contributed by atoms with Crippen LogP contribution in [0.1, 0.15) is 25.3 Å². The predicted octanol–water partition coefficient (Wildman–Crippen LogP) is 3.73. The van der Waals surface area contributed by atoms with Crippen molar-refractivity contribution in [1.29, 1.82) is 5.26 Å². The van der Waals surface area contributed by atoms with Gasteiger partial charge in [0.2, 0.25) is 0 Å². The number of alkyl halides is 2. The first-order valence-electron chi connectivity index (χ1n) is 6.26. The van der Waals surface area contributed by atoms with Crippen LogP contribution in [0.15, 0.2) is 27.7 Å². The molecule has 7 heteroatoms. The van der Waals surface area contributed by atoms with Gasteiger partial charge in [-0.05, 0) is 38.0 Å². The average molecular weight is 360 g/mol. The molecule has 0 aliphatic carbocycles. The first-order valence-corrected chi connectivity index (χ1v) is 7.05. The molecule has 0 fully saturated rings. The summed E-state index contributed by atoms with van der Waals surface area (Å²) in [6, 6.07) is 5.79. The molecule has 2 rings (SSSR count). The van der Waals surface area contributed by atoms with Crippen LogP contribution in [-0.4, -0.2) is 12.3 Å². The van der Waals surface area contributed by atoms with E-state index in [2.05, 4.69) is 20.9 Å². The molecule has 21 heavy (non-hydrogen) atoms. The Kier molecular flexibility index (Phi) is 4.02. The Morgan fingerprint density at radius 1 is 1.43 bits per heavy atom. The monoisotopic (exact) mass is 359 g/mol. The van der Waals surface area contributed by atoms with Gasteiger partial charge in [-0.25, -0.2) is 13.2 Å². The Morgan fingerprint density at radius 3 is 2.62 bits per heavy atom. The molecule has 1 aromatic carbocycles. The van der Waals surface area contributed by atoms with Crippen LogP contribution < -0.4 is 5.73 Å². The van der Waals surface area contributed by atoms with Crippen LogP contribution in [0, 0.1) is 22.6 Å². The van der Waals surface area contributed by atoms with Crippen LogP contribution in [0.2, 0.25) is 0 Å². The number of hydrogen-bond acceptors (Lipinski definition) is 3. The van der Waals surface area contributed by atoms with Gasteiger partial charge in [-0.15, -0.1) is 0 Å². The molecule has 2 N–H and O–H groups in total. The molecular weight excluding hydrogens is 347 g/mol. The summed E-state index contributed by atoms with van der Waals surface area (Å²) in [6.07, 6.45) is -2.99. The number of nitrogens with zero attached hydrogens (tertiary/aromatic N) is 2. The topological polar surface area (TPSA) is 62.2 Å².